The van der Waals surface area contributed by atoms with Gasteiger partial charge in [0.1, 0.15) is 5.75 Å². The minimum Gasteiger partial charge on any atom is -0.493 e. The van der Waals surface area contributed by atoms with E-state index in [2.05, 4.69) is 22.1 Å². The van der Waals surface area contributed by atoms with E-state index in [9.17, 15) is 4.79 Å². The molecule has 0 atom stereocenters. The van der Waals surface area contributed by atoms with Crippen LogP contribution in [0.4, 0.5) is 5.13 Å². The van der Waals surface area contributed by atoms with Crippen molar-refractivity contribution in [1.82, 2.24) is 9.88 Å². The Morgan fingerprint density at radius 2 is 2.35 bits per heavy atom. The molecule has 6 heteroatoms. The summed E-state index contributed by atoms with van der Waals surface area (Å²) in [6, 6.07) is 5.61. The third-order valence-electron chi connectivity index (χ3n) is 4.43. The molecule has 23 heavy (non-hydrogen) atoms. The number of likely N-dealkylation sites (N-methyl/N-ethyl adjacent to an activating group) is 1. The largest absolute Gasteiger partial charge is 0.493 e. The Hall–Kier alpha value is -1.92. The minimum atomic E-state index is -0.0989. The van der Waals surface area contributed by atoms with Crippen molar-refractivity contribution in [2.75, 3.05) is 25.0 Å². The third kappa shape index (κ3) is 2.84. The van der Waals surface area contributed by atoms with Gasteiger partial charge in [0.05, 0.1) is 12.3 Å². The van der Waals surface area contributed by atoms with E-state index in [0.29, 0.717) is 17.3 Å². The van der Waals surface area contributed by atoms with Crippen LogP contribution in [0.1, 0.15) is 33.4 Å². The second-order valence-electron chi connectivity index (χ2n) is 5.88. The van der Waals surface area contributed by atoms with Crippen LogP contribution in [-0.4, -0.2) is 35.5 Å². The molecule has 0 saturated carbocycles. The first-order valence-corrected chi connectivity index (χ1v) is 8.82. The van der Waals surface area contributed by atoms with E-state index in [4.69, 9.17) is 4.74 Å². The molecule has 0 fully saturated rings. The minimum absolute atomic E-state index is 0.0989. The predicted octanol–water partition coefficient (Wildman–Crippen LogP) is 2.71. The SMILES string of the molecule is CCN1CCc2nc(NC(=O)c3ccc4c(c3)CCO4)sc2C1. The van der Waals surface area contributed by atoms with Crippen LogP contribution in [0.2, 0.25) is 0 Å². The van der Waals surface area contributed by atoms with Crippen LogP contribution in [0.5, 0.6) is 5.75 Å². The maximum atomic E-state index is 12.5. The maximum absolute atomic E-state index is 12.5. The average Bonchev–Trinajstić information content (AvgIpc) is 3.18. The number of thiazole rings is 1. The zero-order valence-electron chi connectivity index (χ0n) is 13.1. The monoisotopic (exact) mass is 329 g/mol. The van der Waals surface area contributed by atoms with Crippen LogP contribution in [0.3, 0.4) is 0 Å². The molecule has 1 amide bonds. The van der Waals surface area contributed by atoms with Gasteiger partial charge in [-0.25, -0.2) is 4.98 Å². The summed E-state index contributed by atoms with van der Waals surface area (Å²) in [6.07, 6.45) is 1.83. The molecule has 4 rings (SSSR count). The number of nitrogens with zero attached hydrogens (tertiary/aromatic N) is 2. The van der Waals surface area contributed by atoms with Crippen molar-refractivity contribution in [3.8, 4) is 5.75 Å². The molecule has 3 heterocycles. The van der Waals surface area contributed by atoms with E-state index in [-0.39, 0.29) is 5.91 Å². The fraction of sp³-hybridized carbons (Fsp3) is 0.412. The van der Waals surface area contributed by atoms with Gasteiger partial charge in [-0.2, -0.15) is 0 Å². The Morgan fingerprint density at radius 1 is 1.43 bits per heavy atom. The molecular weight excluding hydrogens is 310 g/mol. The first-order chi connectivity index (χ1) is 11.2. The van der Waals surface area contributed by atoms with Gasteiger partial charge in [-0.15, -0.1) is 11.3 Å². The van der Waals surface area contributed by atoms with E-state index in [1.165, 1.54) is 4.88 Å². The van der Waals surface area contributed by atoms with Gasteiger partial charge in [0.2, 0.25) is 0 Å². The number of amides is 1. The van der Waals surface area contributed by atoms with Gasteiger partial charge in [-0.3, -0.25) is 15.0 Å². The number of hydrogen-bond donors (Lipinski definition) is 1. The smallest absolute Gasteiger partial charge is 0.257 e. The van der Waals surface area contributed by atoms with Crippen LogP contribution in [0.15, 0.2) is 18.2 Å². The van der Waals surface area contributed by atoms with Gasteiger partial charge in [-0.05, 0) is 30.3 Å². The van der Waals surface area contributed by atoms with Crippen LogP contribution >= 0.6 is 11.3 Å². The predicted molar refractivity (Wildman–Crippen MR) is 90.4 cm³/mol. The van der Waals surface area contributed by atoms with Crippen LogP contribution in [0, 0.1) is 0 Å². The first kappa shape index (κ1) is 14.7. The highest BCUT2D eigenvalue weighted by molar-refractivity contribution is 7.15. The maximum Gasteiger partial charge on any atom is 0.257 e. The van der Waals surface area contributed by atoms with E-state index >= 15 is 0 Å². The number of ether oxygens (including phenoxy) is 1. The second-order valence-corrected chi connectivity index (χ2v) is 6.97. The van der Waals surface area contributed by atoms with Crippen molar-refractivity contribution in [2.24, 2.45) is 0 Å². The molecule has 0 radical (unpaired) electrons. The van der Waals surface area contributed by atoms with Gasteiger partial charge in [-0.1, -0.05) is 6.92 Å². The van der Waals surface area contributed by atoms with Crippen molar-refractivity contribution < 1.29 is 9.53 Å². The summed E-state index contributed by atoms with van der Waals surface area (Å²) in [4.78, 5) is 20.7. The summed E-state index contributed by atoms with van der Waals surface area (Å²) in [7, 11) is 0. The lowest BCUT2D eigenvalue weighted by Crippen LogP contribution is -2.29. The average molecular weight is 329 g/mol. The summed E-state index contributed by atoms with van der Waals surface area (Å²) < 4.78 is 5.48. The van der Waals surface area contributed by atoms with Crippen molar-refractivity contribution >= 4 is 22.4 Å². The van der Waals surface area contributed by atoms with Crippen molar-refractivity contribution in [2.45, 2.75) is 26.3 Å². The molecule has 2 aliphatic heterocycles. The molecule has 1 aromatic heterocycles. The quantitative estimate of drug-likeness (QED) is 0.941. The molecule has 120 valence electrons. The second kappa shape index (κ2) is 5.94. The zero-order valence-corrected chi connectivity index (χ0v) is 13.9. The number of fused-ring (bicyclic) bond motifs is 2. The molecule has 5 nitrogen and oxygen atoms in total. The molecule has 1 aromatic carbocycles. The highest BCUT2D eigenvalue weighted by Crippen LogP contribution is 2.29. The molecular formula is C17H19N3O2S. The lowest BCUT2D eigenvalue weighted by Gasteiger charge is -2.23. The Labute approximate surface area is 139 Å². The zero-order chi connectivity index (χ0) is 15.8. The van der Waals surface area contributed by atoms with Gasteiger partial charge in [0.15, 0.2) is 5.13 Å². The van der Waals surface area contributed by atoms with Gasteiger partial charge >= 0.3 is 0 Å². The van der Waals surface area contributed by atoms with Crippen molar-refractivity contribution in [3.05, 3.63) is 39.9 Å². The van der Waals surface area contributed by atoms with Gasteiger partial charge in [0, 0.05) is 36.4 Å². The number of nitrogens with one attached hydrogen (secondary N) is 1. The summed E-state index contributed by atoms with van der Waals surface area (Å²) in [6.45, 7) is 5.91. The summed E-state index contributed by atoms with van der Waals surface area (Å²) in [5, 5.41) is 3.65. The molecule has 1 N–H and O–H groups in total. The Bertz CT molecular complexity index is 756. The molecule has 2 aliphatic rings. The molecule has 0 spiro atoms. The number of hydrogen-bond acceptors (Lipinski definition) is 5. The molecule has 0 unspecified atom stereocenters. The molecule has 0 aliphatic carbocycles. The Balaban J connectivity index is 1.50. The van der Waals surface area contributed by atoms with Crippen LogP contribution < -0.4 is 10.1 Å². The number of carbonyl (C=O) groups is 1. The summed E-state index contributed by atoms with van der Waals surface area (Å²) >= 11 is 1.59. The van der Waals surface area contributed by atoms with Gasteiger partial charge in [0.25, 0.3) is 5.91 Å². The normalized spacial score (nSPS) is 16.6. The summed E-state index contributed by atoms with van der Waals surface area (Å²) in [5.41, 5.74) is 2.91. The lowest BCUT2D eigenvalue weighted by molar-refractivity contribution is 0.102. The van der Waals surface area contributed by atoms with Crippen LogP contribution in [0.25, 0.3) is 0 Å². The molecule has 0 bridgehead atoms. The fourth-order valence-electron chi connectivity index (χ4n) is 3.07. The number of rotatable bonds is 3. The standard InChI is InChI=1S/C17H19N3O2S/c1-2-20-7-5-13-15(10-20)23-17(18-13)19-16(21)12-3-4-14-11(9-12)6-8-22-14/h3-4,9H,2,5-8,10H2,1H3,(H,18,19,21). The topological polar surface area (TPSA) is 54.5 Å². The van der Waals surface area contributed by atoms with E-state index in [1.807, 2.05) is 18.2 Å². The number of carbonyl (C=O) groups excluding carboxylic acids is 1. The molecule has 0 saturated heterocycles. The van der Waals surface area contributed by atoms with Gasteiger partial charge < -0.3 is 4.74 Å². The number of benzene rings is 1. The van der Waals surface area contributed by atoms with E-state index < -0.39 is 0 Å². The summed E-state index contributed by atoms with van der Waals surface area (Å²) in [5.74, 6) is 0.795. The fourth-order valence-corrected chi connectivity index (χ4v) is 4.11. The van der Waals surface area contributed by atoms with E-state index in [0.717, 1.165) is 49.5 Å². The number of aromatic nitrogens is 1. The first-order valence-electron chi connectivity index (χ1n) is 8.01. The van der Waals surface area contributed by atoms with Crippen LogP contribution in [-0.2, 0) is 19.4 Å². The molecule has 2 aromatic rings. The Morgan fingerprint density at radius 3 is 3.22 bits per heavy atom. The highest BCUT2D eigenvalue weighted by atomic mass is 32.1. The Kier molecular flexibility index (Phi) is 3.79. The lowest BCUT2D eigenvalue weighted by atomic mass is 10.1. The van der Waals surface area contributed by atoms with E-state index in [1.54, 1.807) is 11.3 Å². The number of anilines is 1. The van der Waals surface area contributed by atoms with Crippen molar-refractivity contribution in [3.63, 3.8) is 0 Å². The highest BCUT2D eigenvalue weighted by Gasteiger charge is 2.21. The van der Waals surface area contributed by atoms with Crippen molar-refractivity contribution in [1.29, 1.82) is 0 Å². The third-order valence-corrected chi connectivity index (χ3v) is 5.43.